The van der Waals surface area contributed by atoms with Crippen LogP contribution in [0.25, 0.3) is 10.8 Å². The standard InChI is InChI=1S/C25H17NO3/c1-16-5-2-8-20(15-16)29-19-13-11-18(12-14-19)26-24(27)21-9-3-6-17-7-4-10-22(23(17)21)25(26)28/h2-15H,1H3. The molecule has 4 heteroatoms. The van der Waals surface area contributed by atoms with Gasteiger partial charge in [0.05, 0.1) is 5.69 Å². The van der Waals surface area contributed by atoms with E-state index in [1.54, 1.807) is 36.4 Å². The lowest BCUT2D eigenvalue weighted by Crippen LogP contribution is -2.40. The maximum atomic E-state index is 13.1. The minimum absolute atomic E-state index is 0.313. The van der Waals surface area contributed by atoms with Crippen molar-refractivity contribution >= 4 is 28.3 Å². The maximum absolute atomic E-state index is 13.1. The molecule has 4 nitrogen and oxygen atoms in total. The molecule has 1 aliphatic heterocycles. The van der Waals surface area contributed by atoms with Crippen molar-refractivity contribution < 1.29 is 14.3 Å². The zero-order valence-corrected chi connectivity index (χ0v) is 15.8. The Morgan fingerprint density at radius 1 is 0.690 bits per heavy atom. The SMILES string of the molecule is Cc1cccc(Oc2ccc(N3C(=O)c4cccc5cccc(c45)C3=O)cc2)c1. The number of hydrogen-bond acceptors (Lipinski definition) is 3. The molecule has 0 bridgehead atoms. The van der Waals surface area contributed by atoms with E-state index in [2.05, 4.69) is 0 Å². The summed E-state index contributed by atoms with van der Waals surface area (Å²) in [6.07, 6.45) is 0. The molecule has 0 saturated carbocycles. The van der Waals surface area contributed by atoms with Crippen LogP contribution in [0.4, 0.5) is 5.69 Å². The third-order valence-corrected chi connectivity index (χ3v) is 5.09. The second-order valence-corrected chi connectivity index (χ2v) is 7.07. The molecule has 0 atom stereocenters. The van der Waals surface area contributed by atoms with Crippen molar-refractivity contribution in [2.24, 2.45) is 0 Å². The molecule has 29 heavy (non-hydrogen) atoms. The van der Waals surface area contributed by atoms with E-state index in [1.807, 2.05) is 55.5 Å². The average molecular weight is 379 g/mol. The van der Waals surface area contributed by atoms with Crippen molar-refractivity contribution in [1.29, 1.82) is 0 Å². The monoisotopic (exact) mass is 379 g/mol. The third kappa shape index (κ3) is 2.86. The van der Waals surface area contributed by atoms with Crippen LogP contribution in [-0.2, 0) is 0 Å². The van der Waals surface area contributed by atoms with Crippen LogP contribution in [0.3, 0.4) is 0 Å². The van der Waals surface area contributed by atoms with Gasteiger partial charge < -0.3 is 4.74 Å². The van der Waals surface area contributed by atoms with Gasteiger partial charge in [-0.05, 0) is 66.4 Å². The Hall–Kier alpha value is -3.92. The quantitative estimate of drug-likeness (QED) is 0.426. The summed E-state index contributed by atoms with van der Waals surface area (Å²) < 4.78 is 5.87. The molecule has 5 rings (SSSR count). The number of carbonyl (C=O) groups excluding carboxylic acids is 2. The molecular formula is C25H17NO3. The summed E-state index contributed by atoms with van der Waals surface area (Å²) in [7, 11) is 0. The fourth-order valence-electron chi connectivity index (χ4n) is 3.74. The van der Waals surface area contributed by atoms with Crippen LogP contribution in [0, 0.1) is 6.92 Å². The molecule has 2 amide bonds. The predicted octanol–water partition coefficient (Wildman–Crippen LogP) is 5.74. The highest BCUT2D eigenvalue weighted by Crippen LogP contribution is 2.33. The molecule has 0 aromatic heterocycles. The zero-order chi connectivity index (χ0) is 20.0. The van der Waals surface area contributed by atoms with E-state index in [4.69, 9.17) is 4.74 Å². The van der Waals surface area contributed by atoms with Crippen molar-refractivity contribution in [1.82, 2.24) is 0 Å². The summed E-state index contributed by atoms with van der Waals surface area (Å²) in [4.78, 5) is 27.4. The normalized spacial score (nSPS) is 13.1. The van der Waals surface area contributed by atoms with Gasteiger partial charge in [-0.15, -0.1) is 0 Å². The minimum atomic E-state index is -0.313. The lowest BCUT2D eigenvalue weighted by molar-refractivity contribution is 0.0893. The lowest BCUT2D eigenvalue weighted by atomic mass is 9.94. The molecular weight excluding hydrogens is 362 g/mol. The van der Waals surface area contributed by atoms with E-state index in [-0.39, 0.29) is 11.8 Å². The van der Waals surface area contributed by atoms with Gasteiger partial charge in [0, 0.05) is 16.5 Å². The molecule has 0 N–H and O–H groups in total. The van der Waals surface area contributed by atoms with Gasteiger partial charge in [-0.2, -0.15) is 0 Å². The Morgan fingerprint density at radius 3 is 1.93 bits per heavy atom. The van der Waals surface area contributed by atoms with Crippen LogP contribution in [0.15, 0.2) is 84.9 Å². The van der Waals surface area contributed by atoms with E-state index in [0.717, 1.165) is 22.1 Å². The largest absolute Gasteiger partial charge is 0.457 e. The first-order valence-corrected chi connectivity index (χ1v) is 9.37. The minimum Gasteiger partial charge on any atom is -0.457 e. The number of anilines is 1. The van der Waals surface area contributed by atoms with Crippen molar-refractivity contribution in [3.8, 4) is 11.5 Å². The van der Waals surface area contributed by atoms with Gasteiger partial charge in [0.15, 0.2) is 0 Å². The van der Waals surface area contributed by atoms with Crippen LogP contribution in [0.2, 0.25) is 0 Å². The number of ether oxygens (including phenoxy) is 1. The molecule has 0 saturated heterocycles. The Bertz CT molecular complexity index is 1220. The predicted molar refractivity (Wildman–Crippen MR) is 113 cm³/mol. The van der Waals surface area contributed by atoms with Crippen molar-refractivity contribution in [2.75, 3.05) is 4.90 Å². The highest BCUT2D eigenvalue weighted by atomic mass is 16.5. The van der Waals surface area contributed by atoms with Crippen molar-refractivity contribution in [3.05, 3.63) is 102 Å². The summed E-state index contributed by atoms with van der Waals surface area (Å²) in [5.74, 6) is 0.751. The summed E-state index contributed by atoms with van der Waals surface area (Å²) in [6.45, 7) is 2.00. The number of aryl methyl sites for hydroxylation is 1. The zero-order valence-electron chi connectivity index (χ0n) is 15.8. The molecule has 0 radical (unpaired) electrons. The Balaban J connectivity index is 1.50. The third-order valence-electron chi connectivity index (χ3n) is 5.09. The molecule has 0 aliphatic carbocycles. The summed E-state index contributed by atoms with van der Waals surface area (Å²) >= 11 is 0. The molecule has 0 unspecified atom stereocenters. The highest BCUT2D eigenvalue weighted by Gasteiger charge is 2.33. The highest BCUT2D eigenvalue weighted by molar-refractivity contribution is 6.35. The smallest absolute Gasteiger partial charge is 0.265 e. The van der Waals surface area contributed by atoms with E-state index in [9.17, 15) is 9.59 Å². The second-order valence-electron chi connectivity index (χ2n) is 7.07. The van der Waals surface area contributed by atoms with E-state index >= 15 is 0 Å². The number of rotatable bonds is 3. The number of imide groups is 1. The van der Waals surface area contributed by atoms with E-state index < -0.39 is 0 Å². The lowest BCUT2D eigenvalue weighted by Gasteiger charge is -2.27. The van der Waals surface area contributed by atoms with Crippen LogP contribution in [0.5, 0.6) is 11.5 Å². The van der Waals surface area contributed by atoms with Crippen LogP contribution in [-0.4, -0.2) is 11.8 Å². The van der Waals surface area contributed by atoms with E-state index in [1.165, 1.54) is 4.90 Å². The number of nitrogens with zero attached hydrogens (tertiary/aromatic N) is 1. The van der Waals surface area contributed by atoms with E-state index in [0.29, 0.717) is 22.6 Å². The first-order chi connectivity index (χ1) is 14.1. The van der Waals surface area contributed by atoms with Crippen molar-refractivity contribution in [3.63, 3.8) is 0 Å². The second kappa shape index (κ2) is 6.60. The van der Waals surface area contributed by atoms with Crippen molar-refractivity contribution in [2.45, 2.75) is 6.92 Å². The molecule has 4 aromatic carbocycles. The molecule has 1 heterocycles. The van der Waals surface area contributed by atoms with Gasteiger partial charge in [-0.3, -0.25) is 9.59 Å². The van der Waals surface area contributed by atoms with Gasteiger partial charge in [0.25, 0.3) is 11.8 Å². The first-order valence-electron chi connectivity index (χ1n) is 9.37. The maximum Gasteiger partial charge on any atom is 0.265 e. The molecule has 4 aromatic rings. The fourth-order valence-corrected chi connectivity index (χ4v) is 3.74. The molecule has 1 aliphatic rings. The Labute approximate surface area is 168 Å². The fraction of sp³-hybridized carbons (Fsp3) is 0.0400. The van der Waals surface area contributed by atoms with Crippen LogP contribution in [0.1, 0.15) is 26.3 Å². The molecule has 140 valence electrons. The topological polar surface area (TPSA) is 46.6 Å². The van der Waals surface area contributed by atoms with Gasteiger partial charge in [-0.25, -0.2) is 4.90 Å². The summed E-state index contributed by atoms with van der Waals surface area (Å²) in [5.41, 5.74) is 2.70. The number of carbonyl (C=O) groups is 2. The molecule has 0 fully saturated rings. The molecule has 0 spiro atoms. The van der Waals surface area contributed by atoms with Gasteiger partial charge in [0.1, 0.15) is 11.5 Å². The van der Waals surface area contributed by atoms with Gasteiger partial charge in [-0.1, -0.05) is 36.4 Å². The van der Waals surface area contributed by atoms with Crippen LogP contribution >= 0.6 is 0 Å². The summed E-state index contributed by atoms with van der Waals surface area (Å²) in [6, 6.07) is 25.8. The van der Waals surface area contributed by atoms with Crippen LogP contribution < -0.4 is 9.64 Å². The van der Waals surface area contributed by atoms with Gasteiger partial charge >= 0.3 is 0 Å². The Kier molecular flexibility index (Phi) is 3.91. The van der Waals surface area contributed by atoms with Gasteiger partial charge in [0.2, 0.25) is 0 Å². The first kappa shape index (κ1) is 17.2. The Morgan fingerprint density at radius 2 is 1.31 bits per heavy atom. The number of benzene rings is 4. The summed E-state index contributed by atoms with van der Waals surface area (Å²) in [5, 5.41) is 1.61. The number of amides is 2. The average Bonchev–Trinajstić information content (AvgIpc) is 2.73. The number of hydrogen-bond donors (Lipinski definition) is 0.